The minimum absolute atomic E-state index is 0.422. The largest absolute Gasteiger partial charge is 0.348 e. The molecule has 0 unspecified atom stereocenters. The molecule has 0 saturated heterocycles. The Balaban J connectivity index is 5.19. The predicted octanol–water partition coefficient (Wildman–Crippen LogP) is -1.83. The SMILES string of the molecule is C[C@H](N)C(=O)N(C(=O)CN)[C@@H](C)P(=O)(O)O. The van der Waals surface area contributed by atoms with Gasteiger partial charge in [-0.1, -0.05) is 0 Å². The van der Waals surface area contributed by atoms with Crippen LogP contribution in [0.25, 0.3) is 0 Å². The molecule has 94 valence electrons. The van der Waals surface area contributed by atoms with Crippen LogP contribution < -0.4 is 11.5 Å². The third-order valence-electron chi connectivity index (χ3n) is 1.93. The van der Waals surface area contributed by atoms with Crippen LogP contribution in [0.15, 0.2) is 0 Å². The normalized spacial score (nSPS) is 15.4. The van der Waals surface area contributed by atoms with Gasteiger partial charge >= 0.3 is 7.60 Å². The molecule has 16 heavy (non-hydrogen) atoms. The van der Waals surface area contributed by atoms with E-state index in [0.29, 0.717) is 4.90 Å². The molecule has 0 fully saturated rings. The number of carbonyl (C=O) groups excluding carboxylic acids is 2. The summed E-state index contributed by atoms with van der Waals surface area (Å²) in [5, 5.41) is 0. The fraction of sp³-hybridized carbons (Fsp3) is 0.714. The maximum absolute atomic E-state index is 11.5. The first-order valence-electron chi connectivity index (χ1n) is 4.49. The molecular weight excluding hydrogens is 237 g/mol. The van der Waals surface area contributed by atoms with Crippen LogP contribution in [0.2, 0.25) is 0 Å². The van der Waals surface area contributed by atoms with Gasteiger partial charge in [0.2, 0.25) is 11.8 Å². The van der Waals surface area contributed by atoms with E-state index in [0.717, 1.165) is 6.92 Å². The lowest BCUT2D eigenvalue weighted by atomic mass is 10.3. The van der Waals surface area contributed by atoms with Crippen LogP contribution in [0.3, 0.4) is 0 Å². The van der Waals surface area contributed by atoms with E-state index in [9.17, 15) is 14.2 Å². The summed E-state index contributed by atoms with van der Waals surface area (Å²) in [7, 11) is -4.60. The number of imide groups is 1. The van der Waals surface area contributed by atoms with Gasteiger partial charge in [-0.15, -0.1) is 0 Å². The third kappa shape index (κ3) is 3.66. The highest BCUT2D eigenvalue weighted by molar-refractivity contribution is 7.52. The second-order valence-electron chi connectivity index (χ2n) is 3.32. The molecule has 0 aliphatic heterocycles. The zero-order valence-electron chi connectivity index (χ0n) is 9.03. The summed E-state index contributed by atoms with van der Waals surface area (Å²) in [4.78, 5) is 41.1. The molecule has 0 spiro atoms. The average Bonchev–Trinajstić information content (AvgIpc) is 2.15. The van der Waals surface area contributed by atoms with Gasteiger partial charge in [-0.05, 0) is 13.8 Å². The smallest absolute Gasteiger partial charge is 0.323 e. The molecule has 0 aliphatic carbocycles. The predicted molar refractivity (Wildman–Crippen MR) is 56.1 cm³/mol. The molecule has 9 heteroatoms. The van der Waals surface area contributed by atoms with Gasteiger partial charge in [0, 0.05) is 0 Å². The molecule has 0 radical (unpaired) electrons. The van der Waals surface area contributed by atoms with Crippen molar-refractivity contribution in [2.75, 3.05) is 6.54 Å². The Bertz CT molecular complexity index is 326. The molecule has 0 aliphatic rings. The Kier molecular flexibility index (Phi) is 5.24. The van der Waals surface area contributed by atoms with Gasteiger partial charge in [0.15, 0.2) is 0 Å². The minimum Gasteiger partial charge on any atom is -0.323 e. The van der Waals surface area contributed by atoms with Gasteiger partial charge in [-0.2, -0.15) is 0 Å². The van der Waals surface area contributed by atoms with Crippen molar-refractivity contribution < 1.29 is 23.9 Å². The zero-order chi connectivity index (χ0) is 13.1. The summed E-state index contributed by atoms with van der Waals surface area (Å²) in [5.41, 5.74) is 10.3. The van der Waals surface area contributed by atoms with Crippen molar-refractivity contribution in [3.8, 4) is 0 Å². The van der Waals surface area contributed by atoms with Crippen molar-refractivity contribution >= 4 is 19.4 Å². The monoisotopic (exact) mass is 253 g/mol. The van der Waals surface area contributed by atoms with Crippen molar-refractivity contribution in [3.63, 3.8) is 0 Å². The zero-order valence-corrected chi connectivity index (χ0v) is 9.92. The quantitative estimate of drug-likeness (QED) is 0.431. The maximum atomic E-state index is 11.5. The van der Waals surface area contributed by atoms with Gasteiger partial charge < -0.3 is 21.3 Å². The van der Waals surface area contributed by atoms with Crippen LogP contribution in [0.4, 0.5) is 0 Å². The average molecular weight is 253 g/mol. The second-order valence-corrected chi connectivity index (χ2v) is 5.24. The molecule has 0 bridgehead atoms. The summed E-state index contributed by atoms with van der Waals surface area (Å²) in [6.07, 6.45) is 0. The first kappa shape index (κ1) is 15.2. The van der Waals surface area contributed by atoms with Crippen LogP contribution in [0.1, 0.15) is 13.8 Å². The number of amides is 2. The number of nitrogens with zero attached hydrogens (tertiary/aromatic N) is 1. The van der Waals surface area contributed by atoms with Crippen molar-refractivity contribution in [1.29, 1.82) is 0 Å². The highest BCUT2D eigenvalue weighted by Gasteiger charge is 2.37. The Morgan fingerprint density at radius 2 is 1.81 bits per heavy atom. The van der Waals surface area contributed by atoms with E-state index in [1.165, 1.54) is 6.92 Å². The molecule has 2 amide bonds. The standard InChI is InChI=1S/C7H16N3O5P/c1-4(9)7(12)10(6(11)3-8)5(2)16(13,14)15/h4-5H,3,8-9H2,1-2H3,(H2,13,14,15)/t4-,5+/m0/s1. The lowest BCUT2D eigenvalue weighted by molar-refractivity contribution is -0.145. The molecular formula is C7H16N3O5P. The van der Waals surface area contributed by atoms with Crippen molar-refractivity contribution in [3.05, 3.63) is 0 Å². The van der Waals surface area contributed by atoms with Gasteiger partial charge in [0.25, 0.3) is 0 Å². The Hall–Kier alpha value is -0.790. The third-order valence-corrected chi connectivity index (χ3v) is 3.14. The number of rotatable bonds is 4. The van der Waals surface area contributed by atoms with Gasteiger partial charge in [0.1, 0.15) is 5.78 Å². The molecule has 0 heterocycles. The molecule has 0 aromatic carbocycles. The first-order valence-corrected chi connectivity index (χ1v) is 6.17. The number of hydrogen-bond donors (Lipinski definition) is 4. The van der Waals surface area contributed by atoms with E-state index in [-0.39, 0.29) is 0 Å². The molecule has 0 aromatic heterocycles. The Morgan fingerprint density at radius 3 is 2.06 bits per heavy atom. The minimum atomic E-state index is -4.60. The van der Waals surface area contributed by atoms with Crippen LogP contribution in [-0.4, -0.2) is 44.9 Å². The highest BCUT2D eigenvalue weighted by Crippen LogP contribution is 2.42. The number of carbonyl (C=O) groups is 2. The molecule has 0 saturated carbocycles. The maximum Gasteiger partial charge on any atom is 0.348 e. The van der Waals surface area contributed by atoms with Gasteiger partial charge in [-0.3, -0.25) is 19.1 Å². The van der Waals surface area contributed by atoms with E-state index >= 15 is 0 Å². The summed E-state index contributed by atoms with van der Waals surface area (Å²) in [6.45, 7) is 1.85. The number of hydrogen-bond acceptors (Lipinski definition) is 5. The molecule has 8 nitrogen and oxygen atoms in total. The summed E-state index contributed by atoms with van der Waals surface area (Å²) >= 11 is 0. The van der Waals surface area contributed by atoms with E-state index in [1.54, 1.807) is 0 Å². The lowest BCUT2D eigenvalue weighted by Gasteiger charge is -2.28. The van der Waals surface area contributed by atoms with Crippen LogP contribution in [-0.2, 0) is 14.2 Å². The number of nitrogens with two attached hydrogens (primary N) is 2. The topological polar surface area (TPSA) is 147 Å². The molecule has 6 N–H and O–H groups in total. The van der Waals surface area contributed by atoms with Crippen molar-refractivity contribution in [2.45, 2.75) is 25.7 Å². The fourth-order valence-corrected chi connectivity index (χ4v) is 1.53. The van der Waals surface area contributed by atoms with Gasteiger partial charge in [0.05, 0.1) is 12.6 Å². The molecule has 2 atom stereocenters. The first-order chi connectivity index (χ1) is 7.12. The van der Waals surface area contributed by atoms with Crippen LogP contribution >= 0.6 is 7.60 Å². The van der Waals surface area contributed by atoms with E-state index in [4.69, 9.17) is 21.3 Å². The van der Waals surface area contributed by atoms with Crippen LogP contribution in [0, 0.1) is 0 Å². The Labute approximate surface area is 92.7 Å². The lowest BCUT2D eigenvalue weighted by Crippen LogP contribution is -2.51. The second kappa shape index (κ2) is 5.51. The summed E-state index contributed by atoms with van der Waals surface area (Å²) in [5.74, 6) is -3.31. The van der Waals surface area contributed by atoms with E-state index in [1.807, 2.05) is 0 Å². The van der Waals surface area contributed by atoms with Gasteiger partial charge in [-0.25, -0.2) is 0 Å². The summed E-state index contributed by atoms with van der Waals surface area (Å²) in [6, 6.07) is -1.04. The van der Waals surface area contributed by atoms with Crippen molar-refractivity contribution in [1.82, 2.24) is 4.90 Å². The van der Waals surface area contributed by atoms with E-state index in [2.05, 4.69) is 0 Å². The van der Waals surface area contributed by atoms with Crippen LogP contribution in [0.5, 0.6) is 0 Å². The van der Waals surface area contributed by atoms with E-state index < -0.39 is 37.8 Å². The summed E-state index contributed by atoms with van der Waals surface area (Å²) < 4.78 is 11.0. The highest BCUT2D eigenvalue weighted by atomic mass is 31.2. The molecule has 0 rings (SSSR count). The van der Waals surface area contributed by atoms with Crippen molar-refractivity contribution in [2.24, 2.45) is 11.5 Å². The Morgan fingerprint density at radius 1 is 1.38 bits per heavy atom. The fourth-order valence-electron chi connectivity index (χ4n) is 0.984. The molecule has 0 aromatic rings.